The molecule has 2 atom stereocenters. The van der Waals surface area contributed by atoms with Crippen LogP contribution < -0.4 is 16.0 Å². The smallest absolute Gasteiger partial charge is 0.163 e. The van der Waals surface area contributed by atoms with Gasteiger partial charge in [0.25, 0.3) is 0 Å². The van der Waals surface area contributed by atoms with Crippen molar-refractivity contribution in [2.45, 2.75) is 31.3 Å². The van der Waals surface area contributed by atoms with Gasteiger partial charge in [-0.2, -0.15) is 14.9 Å². The summed E-state index contributed by atoms with van der Waals surface area (Å²) in [5.41, 5.74) is 3.45. The van der Waals surface area contributed by atoms with Gasteiger partial charge < -0.3 is 21.1 Å². The van der Waals surface area contributed by atoms with Crippen molar-refractivity contribution in [2.75, 3.05) is 30.3 Å². The van der Waals surface area contributed by atoms with Gasteiger partial charge in [-0.25, -0.2) is 4.98 Å². The summed E-state index contributed by atoms with van der Waals surface area (Å²) in [7, 11) is 0. The molecule has 8 heteroatoms. The Hall–Kier alpha value is -3.15. The number of rotatable bonds is 6. The summed E-state index contributed by atoms with van der Waals surface area (Å²) in [4.78, 5) is 4.84. The number of hydrogen-bond donors (Lipinski definition) is 4. The number of aliphatic hydroxyl groups is 1. The first kappa shape index (κ1) is 18.9. The lowest BCUT2D eigenvalue weighted by molar-refractivity contribution is 0.0883. The molecule has 3 heterocycles. The van der Waals surface area contributed by atoms with Gasteiger partial charge in [-0.15, -0.1) is 0 Å². The normalized spacial score (nSPS) is 21.3. The van der Waals surface area contributed by atoms with Crippen LogP contribution in [0.4, 0.5) is 17.3 Å². The van der Waals surface area contributed by atoms with Gasteiger partial charge in [-0.1, -0.05) is 6.07 Å². The van der Waals surface area contributed by atoms with Gasteiger partial charge in [0, 0.05) is 36.3 Å². The number of β-amino-alcohol motifs (C(OH)–C–C–N with tert-alkyl or cyclic N) is 1. The van der Waals surface area contributed by atoms with Crippen molar-refractivity contribution >= 4 is 23.0 Å². The second-order valence-electron chi connectivity index (χ2n) is 8.15. The first-order chi connectivity index (χ1) is 14.7. The molecular weight excluding hydrogens is 378 g/mol. The van der Waals surface area contributed by atoms with Crippen LogP contribution in [0.25, 0.3) is 5.65 Å². The lowest BCUT2D eigenvalue weighted by atomic mass is 9.95. The lowest BCUT2D eigenvalue weighted by Crippen LogP contribution is -2.43. The minimum atomic E-state index is -0.349. The Bertz CT molecular complexity index is 1100. The highest BCUT2D eigenvalue weighted by Gasteiger charge is 2.28. The van der Waals surface area contributed by atoms with Gasteiger partial charge in [0.05, 0.1) is 23.9 Å². The predicted octanol–water partition coefficient (Wildman–Crippen LogP) is 2.60. The summed E-state index contributed by atoms with van der Waals surface area (Å²) in [6, 6.07) is 11.5. The SMILES string of the molecule is N#Cc1cccc(Nc2cc(NCC3CCNCC3O)nc3c(C4CC4)cnn23)c1. The van der Waals surface area contributed by atoms with Crippen LogP contribution in [0, 0.1) is 17.2 Å². The van der Waals surface area contributed by atoms with Crippen molar-refractivity contribution < 1.29 is 5.11 Å². The van der Waals surface area contributed by atoms with Crippen molar-refractivity contribution in [2.24, 2.45) is 5.92 Å². The Morgan fingerprint density at radius 1 is 1.27 bits per heavy atom. The van der Waals surface area contributed by atoms with E-state index in [0.29, 0.717) is 24.6 Å². The van der Waals surface area contributed by atoms with Crippen LogP contribution in [0.15, 0.2) is 36.5 Å². The molecule has 5 rings (SSSR count). The van der Waals surface area contributed by atoms with Gasteiger partial charge in [0.15, 0.2) is 5.65 Å². The maximum Gasteiger partial charge on any atom is 0.163 e. The fraction of sp³-hybridized carbons (Fsp3) is 0.409. The van der Waals surface area contributed by atoms with E-state index >= 15 is 0 Å². The van der Waals surface area contributed by atoms with Crippen LogP contribution in [0.3, 0.4) is 0 Å². The van der Waals surface area contributed by atoms with E-state index in [1.807, 2.05) is 35.0 Å². The number of benzene rings is 1. The van der Waals surface area contributed by atoms with E-state index in [1.165, 1.54) is 18.4 Å². The second-order valence-corrected chi connectivity index (χ2v) is 8.15. The molecule has 4 N–H and O–H groups in total. The van der Waals surface area contributed by atoms with Gasteiger partial charge in [-0.05, 0) is 49.9 Å². The molecule has 1 saturated heterocycles. The van der Waals surface area contributed by atoms with Crippen molar-refractivity contribution in [3.8, 4) is 6.07 Å². The summed E-state index contributed by atoms with van der Waals surface area (Å²) in [5, 5.41) is 34.0. The first-order valence-electron chi connectivity index (χ1n) is 10.5. The molecule has 0 spiro atoms. The van der Waals surface area contributed by atoms with Crippen molar-refractivity contribution in [3.63, 3.8) is 0 Å². The fourth-order valence-corrected chi connectivity index (χ4v) is 4.03. The number of nitriles is 1. The van der Waals surface area contributed by atoms with E-state index in [-0.39, 0.29) is 12.0 Å². The zero-order valence-corrected chi connectivity index (χ0v) is 16.7. The second kappa shape index (κ2) is 7.94. The quantitative estimate of drug-likeness (QED) is 0.501. The highest BCUT2D eigenvalue weighted by Crippen LogP contribution is 2.42. The molecular formula is C22H25N7O. The number of nitrogens with zero attached hydrogens (tertiary/aromatic N) is 4. The Balaban J connectivity index is 1.46. The van der Waals surface area contributed by atoms with Crippen molar-refractivity contribution in [1.82, 2.24) is 19.9 Å². The zero-order valence-electron chi connectivity index (χ0n) is 16.7. The van der Waals surface area contributed by atoms with Crippen LogP contribution in [0.5, 0.6) is 0 Å². The van der Waals surface area contributed by atoms with Crippen molar-refractivity contribution in [3.05, 3.63) is 47.7 Å². The zero-order chi connectivity index (χ0) is 20.5. The topological polar surface area (TPSA) is 110 Å². The maximum absolute atomic E-state index is 10.2. The van der Waals surface area contributed by atoms with Crippen LogP contribution in [0.1, 0.15) is 36.3 Å². The van der Waals surface area contributed by atoms with Crippen LogP contribution in [-0.4, -0.2) is 45.4 Å². The third-order valence-corrected chi connectivity index (χ3v) is 5.92. The third-order valence-electron chi connectivity index (χ3n) is 5.92. The number of anilines is 3. The average molecular weight is 403 g/mol. The summed E-state index contributed by atoms with van der Waals surface area (Å²) < 4.78 is 1.83. The molecule has 1 saturated carbocycles. The molecule has 3 aromatic rings. The summed E-state index contributed by atoms with van der Waals surface area (Å²) >= 11 is 0. The van der Waals surface area contributed by atoms with Crippen molar-refractivity contribution in [1.29, 1.82) is 5.26 Å². The number of aromatic nitrogens is 3. The van der Waals surface area contributed by atoms with E-state index < -0.39 is 0 Å². The number of fused-ring (bicyclic) bond motifs is 1. The number of hydrogen-bond acceptors (Lipinski definition) is 7. The highest BCUT2D eigenvalue weighted by atomic mass is 16.3. The molecule has 1 aliphatic carbocycles. The molecule has 30 heavy (non-hydrogen) atoms. The largest absolute Gasteiger partial charge is 0.391 e. The minimum Gasteiger partial charge on any atom is -0.391 e. The number of nitrogens with one attached hydrogen (secondary N) is 3. The third kappa shape index (κ3) is 3.82. The summed E-state index contributed by atoms with van der Waals surface area (Å²) in [5.74, 6) is 2.27. The Morgan fingerprint density at radius 3 is 2.97 bits per heavy atom. The van der Waals surface area contributed by atoms with Gasteiger partial charge in [0.1, 0.15) is 11.6 Å². The maximum atomic E-state index is 10.2. The standard InChI is InChI=1S/C22H25N7O/c23-10-14-2-1-3-17(8-14)27-21-9-20(25-11-16-6-7-24-13-19(16)30)28-22-18(15-4-5-15)12-26-29(21)22/h1-3,8-9,12,15-16,19,24,27,30H,4-7,11,13H2,(H,25,28). The van der Waals surface area contributed by atoms with Gasteiger partial charge >= 0.3 is 0 Å². The Kier molecular flexibility index (Phi) is 4.99. The predicted molar refractivity (Wildman–Crippen MR) is 115 cm³/mol. The Labute approximate surface area is 174 Å². The molecule has 0 radical (unpaired) electrons. The van der Waals surface area contributed by atoms with Crippen LogP contribution in [-0.2, 0) is 0 Å². The van der Waals surface area contributed by atoms with E-state index in [1.54, 1.807) is 6.07 Å². The molecule has 2 fully saturated rings. The minimum absolute atomic E-state index is 0.195. The van der Waals surface area contributed by atoms with E-state index in [9.17, 15) is 10.4 Å². The molecule has 154 valence electrons. The number of piperidine rings is 1. The average Bonchev–Trinajstić information content (AvgIpc) is 3.52. The molecule has 2 aliphatic rings. The lowest BCUT2D eigenvalue weighted by Gasteiger charge is -2.28. The Morgan fingerprint density at radius 2 is 2.17 bits per heavy atom. The molecule has 1 aliphatic heterocycles. The molecule has 8 nitrogen and oxygen atoms in total. The summed E-state index contributed by atoms with van der Waals surface area (Å²) in [6.07, 6.45) is 4.85. The molecule has 0 bridgehead atoms. The van der Waals surface area contributed by atoms with Gasteiger partial charge in [-0.3, -0.25) is 0 Å². The molecule has 2 unspecified atom stereocenters. The molecule has 2 aromatic heterocycles. The fourth-order valence-electron chi connectivity index (χ4n) is 4.03. The van der Waals surface area contributed by atoms with E-state index in [2.05, 4.69) is 27.1 Å². The molecule has 0 amide bonds. The van der Waals surface area contributed by atoms with Crippen LogP contribution in [0.2, 0.25) is 0 Å². The number of aliphatic hydroxyl groups excluding tert-OH is 1. The highest BCUT2D eigenvalue weighted by molar-refractivity contribution is 5.67. The molecule has 1 aromatic carbocycles. The summed E-state index contributed by atoms with van der Waals surface area (Å²) in [6.45, 7) is 2.23. The van der Waals surface area contributed by atoms with E-state index in [0.717, 1.165) is 35.9 Å². The first-order valence-corrected chi connectivity index (χ1v) is 10.5. The monoisotopic (exact) mass is 403 g/mol. The van der Waals surface area contributed by atoms with Crippen LogP contribution >= 0.6 is 0 Å². The van der Waals surface area contributed by atoms with E-state index in [4.69, 9.17) is 4.98 Å². The van der Waals surface area contributed by atoms with Gasteiger partial charge in [0.2, 0.25) is 0 Å².